The molecule has 2 nitrogen and oxygen atoms in total. The Bertz CT molecular complexity index is 727. The van der Waals surface area contributed by atoms with E-state index in [-0.39, 0.29) is 5.78 Å². The molecule has 1 aromatic heterocycles. The molecule has 3 rings (SSSR count). The summed E-state index contributed by atoms with van der Waals surface area (Å²) in [6.45, 7) is 1.97. The number of carbonyl (C=O) groups excluding carboxylic acids is 1. The lowest BCUT2D eigenvalue weighted by atomic mass is 10.0. The Balaban J connectivity index is 2.00. The summed E-state index contributed by atoms with van der Waals surface area (Å²) in [7, 11) is 0. The lowest BCUT2D eigenvalue weighted by molar-refractivity contribution is 0.103. The summed E-state index contributed by atoms with van der Waals surface area (Å²) in [5, 5.41) is 0. The topological polar surface area (TPSA) is 22.0 Å². The molecule has 0 atom stereocenters. The molecule has 0 saturated heterocycles. The third-order valence-corrected chi connectivity index (χ3v) is 3.36. The van der Waals surface area contributed by atoms with Gasteiger partial charge in [0.25, 0.3) is 0 Å². The van der Waals surface area contributed by atoms with E-state index in [0.29, 0.717) is 0 Å². The van der Waals surface area contributed by atoms with Gasteiger partial charge in [-0.1, -0.05) is 48.5 Å². The van der Waals surface area contributed by atoms with Crippen LogP contribution in [0.4, 0.5) is 0 Å². The second-order valence-corrected chi connectivity index (χ2v) is 4.79. The normalized spacial score (nSPS) is 10.4. The standard InChI is InChI=1S/C18H15NO/c1-14-12-19(16-10-6-3-7-11-16)13-17(14)18(20)15-8-4-2-5-9-15/h2-13H,1H3. The molecular weight excluding hydrogens is 246 g/mol. The summed E-state index contributed by atoms with van der Waals surface area (Å²) >= 11 is 0. The zero-order valence-corrected chi connectivity index (χ0v) is 11.3. The first-order valence-corrected chi connectivity index (χ1v) is 6.59. The van der Waals surface area contributed by atoms with Crippen LogP contribution in [0.5, 0.6) is 0 Å². The van der Waals surface area contributed by atoms with E-state index >= 15 is 0 Å². The van der Waals surface area contributed by atoms with Crippen molar-refractivity contribution in [1.82, 2.24) is 4.57 Å². The summed E-state index contributed by atoms with van der Waals surface area (Å²) in [5.74, 6) is 0.0674. The van der Waals surface area contributed by atoms with Gasteiger partial charge < -0.3 is 4.57 Å². The third kappa shape index (κ3) is 2.28. The highest BCUT2D eigenvalue weighted by atomic mass is 16.1. The fourth-order valence-electron chi connectivity index (χ4n) is 2.29. The Kier molecular flexibility index (Phi) is 3.21. The fourth-order valence-corrected chi connectivity index (χ4v) is 2.29. The SMILES string of the molecule is Cc1cn(-c2ccccc2)cc1C(=O)c1ccccc1. The summed E-state index contributed by atoms with van der Waals surface area (Å²) < 4.78 is 1.99. The van der Waals surface area contributed by atoms with Crippen molar-refractivity contribution in [2.45, 2.75) is 6.92 Å². The molecule has 0 N–H and O–H groups in total. The maximum atomic E-state index is 12.5. The van der Waals surface area contributed by atoms with Crippen LogP contribution in [0.2, 0.25) is 0 Å². The predicted molar refractivity (Wildman–Crippen MR) is 80.4 cm³/mol. The molecule has 0 unspecified atom stereocenters. The first-order valence-electron chi connectivity index (χ1n) is 6.59. The summed E-state index contributed by atoms with van der Waals surface area (Å²) in [6.07, 6.45) is 3.89. The number of ketones is 1. The van der Waals surface area contributed by atoms with E-state index in [1.54, 1.807) is 0 Å². The van der Waals surface area contributed by atoms with Crippen molar-refractivity contribution >= 4 is 5.78 Å². The predicted octanol–water partition coefficient (Wildman–Crippen LogP) is 4.02. The Labute approximate surface area is 118 Å². The van der Waals surface area contributed by atoms with E-state index in [0.717, 1.165) is 22.4 Å². The van der Waals surface area contributed by atoms with E-state index in [1.165, 1.54) is 0 Å². The van der Waals surface area contributed by atoms with Gasteiger partial charge in [-0.3, -0.25) is 4.79 Å². The van der Waals surface area contributed by atoms with Gasteiger partial charge in [0.05, 0.1) is 0 Å². The van der Waals surface area contributed by atoms with Crippen molar-refractivity contribution in [2.24, 2.45) is 0 Å². The lowest BCUT2D eigenvalue weighted by Gasteiger charge is -2.01. The Morgan fingerprint density at radius 1 is 0.850 bits per heavy atom. The molecule has 3 aromatic rings. The molecule has 20 heavy (non-hydrogen) atoms. The molecule has 0 bridgehead atoms. The van der Waals surface area contributed by atoms with Gasteiger partial charge in [0, 0.05) is 29.2 Å². The zero-order chi connectivity index (χ0) is 13.9. The van der Waals surface area contributed by atoms with Gasteiger partial charge in [-0.2, -0.15) is 0 Å². The number of aryl methyl sites for hydroxylation is 1. The second kappa shape index (κ2) is 5.17. The van der Waals surface area contributed by atoms with Crippen LogP contribution in [0, 0.1) is 6.92 Å². The van der Waals surface area contributed by atoms with Crippen LogP contribution >= 0.6 is 0 Å². The highest BCUT2D eigenvalue weighted by molar-refractivity contribution is 6.09. The number of aromatic nitrogens is 1. The number of benzene rings is 2. The number of hydrogen-bond donors (Lipinski definition) is 0. The van der Waals surface area contributed by atoms with Gasteiger partial charge in [-0.05, 0) is 24.6 Å². The molecule has 2 aromatic carbocycles. The molecular formula is C18H15NO. The first-order chi connectivity index (χ1) is 9.75. The maximum absolute atomic E-state index is 12.5. The largest absolute Gasteiger partial charge is 0.323 e. The minimum absolute atomic E-state index is 0.0674. The summed E-state index contributed by atoms with van der Waals surface area (Å²) in [5.41, 5.74) is 3.52. The van der Waals surface area contributed by atoms with Crippen LogP contribution in [0.1, 0.15) is 21.5 Å². The van der Waals surface area contributed by atoms with Crippen molar-refractivity contribution in [3.63, 3.8) is 0 Å². The summed E-state index contributed by atoms with van der Waals surface area (Å²) in [4.78, 5) is 12.5. The fraction of sp³-hybridized carbons (Fsp3) is 0.0556. The molecule has 0 fully saturated rings. The molecule has 98 valence electrons. The van der Waals surface area contributed by atoms with Gasteiger partial charge in [0.15, 0.2) is 5.78 Å². The van der Waals surface area contributed by atoms with Gasteiger partial charge in [0.1, 0.15) is 0 Å². The van der Waals surface area contributed by atoms with Crippen LogP contribution in [0.15, 0.2) is 73.1 Å². The van der Waals surface area contributed by atoms with Crippen molar-refractivity contribution in [1.29, 1.82) is 0 Å². The average molecular weight is 261 g/mol. The molecule has 2 heteroatoms. The van der Waals surface area contributed by atoms with E-state index in [2.05, 4.69) is 0 Å². The molecule has 0 aliphatic heterocycles. The molecule has 0 spiro atoms. The minimum atomic E-state index is 0.0674. The van der Waals surface area contributed by atoms with Gasteiger partial charge in [-0.15, -0.1) is 0 Å². The Hall–Kier alpha value is -2.61. The van der Waals surface area contributed by atoms with Crippen molar-refractivity contribution in [3.05, 3.63) is 89.7 Å². The van der Waals surface area contributed by atoms with Crippen molar-refractivity contribution < 1.29 is 4.79 Å². The number of hydrogen-bond acceptors (Lipinski definition) is 1. The molecule has 0 amide bonds. The molecule has 0 aliphatic carbocycles. The smallest absolute Gasteiger partial charge is 0.194 e. The van der Waals surface area contributed by atoms with E-state index in [9.17, 15) is 4.79 Å². The van der Waals surface area contributed by atoms with Crippen LogP contribution in [-0.4, -0.2) is 10.4 Å². The summed E-state index contributed by atoms with van der Waals surface area (Å²) in [6, 6.07) is 19.4. The van der Waals surface area contributed by atoms with E-state index < -0.39 is 0 Å². The van der Waals surface area contributed by atoms with Crippen molar-refractivity contribution in [3.8, 4) is 5.69 Å². The van der Waals surface area contributed by atoms with E-state index in [4.69, 9.17) is 0 Å². The highest BCUT2D eigenvalue weighted by Crippen LogP contribution is 2.18. The quantitative estimate of drug-likeness (QED) is 0.653. The number of rotatable bonds is 3. The maximum Gasteiger partial charge on any atom is 0.194 e. The van der Waals surface area contributed by atoms with Gasteiger partial charge in [0.2, 0.25) is 0 Å². The Morgan fingerprint density at radius 3 is 2.10 bits per heavy atom. The lowest BCUT2D eigenvalue weighted by Crippen LogP contribution is -2.01. The van der Waals surface area contributed by atoms with Crippen LogP contribution < -0.4 is 0 Å². The van der Waals surface area contributed by atoms with Crippen LogP contribution in [0.25, 0.3) is 5.69 Å². The molecule has 0 radical (unpaired) electrons. The zero-order valence-electron chi connectivity index (χ0n) is 11.3. The molecule has 0 saturated carbocycles. The van der Waals surface area contributed by atoms with Crippen molar-refractivity contribution in [2.75, 3.05) is 0 Å². The Morgan fingerprint density at radius 2 is 1.45 bits per heavy atom. The monoisotopic (exact) mass is 261 g/mol. The molecule has 0 aliphatic rings. The van der Waals surface area contributed by atoms with Gasteiger partial charge >= 0.3 is 0 Å². The van der Waals surface area contributed by atoms with Crippen LogP contribution in [-0.2, 0) is 0 Å². The average Bonchev–Trinajstić information content (AvgIpc) is 2.90. The number of carbonyl (C=O) groups is 1. The number of nitrogens with zero attached hydrogens (tertiary/aromatic N) is 1. The third-order valence-electron chi connectivity index (χ3n) is 3.36. The van der Waals surface area contributed by atoms with E-state index in [1.807, 2.05) is 84.5 Å². The molecule has 1 heterocycles. The second-order valence-electron chi connectivity index (χ2n) is 4.79. The minimum Gasteiger partial charge on any atom is -0.323 e. The highest BCUT2D eigenvalue weighted by Gasteiger charge is 2.14. The first kappa shape index (κ1) is 12.4. The number of para-hydroxylation sites is 1. The van der Waals surface area contributed by atoms with Gasteiger partial charge in [-0.25, -0.2) is 0 Å². The van der Waals surface area contributed by atoms with Crippen LogP contribution in [0.3, 0.4) is 0 Å².